The zero-order chi connectivity index (χ0) is 12.6. The van der Waals surface area contributed by atoms with Gasteiger partial charge in [-0.2, -0.15) is 0 Å². The maximum Gasteiger partial charge on any atom is 0.269 e. The second-order valence-corrected chi connectivity index (χ2v) is 3.86. The lowest BCUT2D eigenvalue weighted by Gasteiger charge is -2.18. The number of amides is 1. The summed E-state index contributed by atoms with van der Waals surface area (Å²) in [5, 5.41) is 18.8. The van der Waals surface area contributed by atoms with E-state index in [1.54, 1.807) is 0 Å². The Labute approximate surface area is 96.8 Å². The third kappa shape index (κ3) is 1.86. The van der Waals surface area contributed by atoms with Gasteiger partial charge in [0.15, 0.2) is 11.5 Å². The predicted molar refractivity (Wildman–Crippen MR) is 57.0 cm³/mol. The van der Waals surface area contributed by atoms with Crippen molar-refractivity contribution in [2.24, 2.45) is 5.73 Å². The molecule has 0 aromatic carbocycles. The summed E-state index contributed by atoms with van der Waals surface area (Å²) in [6, 6.07) is -0.528. The lowest BCUT2D eigenvalue weighted by atomic mass is 10.1. The van der Waals surface area contributed by atoms with Gasteiger partial charge in [0.1, 0.15) is 12.2 Å². The van der Waals surface area contributed by atoms with Crippen molar-refractivity contribution in [3.05, 3.63) is 12.0 Å². The van der Waals surface area contributed by atoms with Gasteiger partial charge in [-0.25, -0.2) is 4.98 Å². The first-order chi connectivity index (χ1) is 8.06. The average Bonchev–Trinajstić information content (AvgIpc) is 2.81. The van der Waals surface area contributed by atoms with Gasteiger partial charge in [0.25, 0.3) is 5.91 Å². The first-order valence-electron chi connectivity index (χ1n) is 5.09. The molecule has 0 radical (unpaired) electrons. The van der Waals surface area contributed by atoms with Crippen molar-refractivity contribution >= 4 is 11.7 Å². The topological polar surface area (TPSA) is 137 Å². The Morgan fingerprint density at radius 3 is 2.94 bits per heavy atom. The van der Waals surface area contributed by atoms with Gasteiger partial charge < -0.3 is 31.0 Å². The van der Waals surface area contributed by atoms with Crippen molar-refractivity contribution in [2.75, 3.05) is 18.9 Å². The average molecular weight is 242 g/mol. The number of aliphatic hydroxyl groups excluding tert-OH is 2. The van der Waals surface area contributed by atoms with E-state index < -0.39 is 24.2 Å². The standard InChI is InChI=1S/C9H14N4O4/c10-8-6(9(11)16)13(3-12-8)4-2-17-5(1-14)7(4)15/h3-5,7,14-15H,1-2,10H2,(H2,11,16)/t4-,5-,7+/m0/s1. The van der Waals surface area contributed by atoms with Crippen LogP contribution in [-0.2, 0) is 4.74 Å². The minimum atomic E-state index is -0.938. The number of nitrogens with two attached hydrogens (primary N) is 2. The van der Waals surface area contributed by atoms with Crippen molar-refractivity contribution < 1.29 is 19.7 Å². The molecule has 1 aliphatic rings. The minimum absolute atomic E-state index is 0.0112. The Morgan fingerprint density at radius 2 is 2.41 bits per heavy atom. The molecule has 8 nitrogen and oxygen atoms in total. The van der Waals surface area contributed by atoms with Gasteiger partial charge in [-0.05, 0) is 0 Å². The summed E-state index contributed by atoms with van der Waals surface area (Å²) in [6.45, 7) is -0.143. The van der Waals surface area contributed by atoms with E-state index in [2.05, 4.69) is 4.98 Å². The zero-order valence-electron chi connectivity index (χ0n) is 8.98. The Kier molecular flexibility index (Phi) is 3.01. The van der Waals surface area contributed by atoms with Gasteiger partial charge in [0.05, 0.1) is 25.6 Å². The number of hydrogen-bond acceptors (Lipinski definition) is 6. The molecule has 0 bridgehead atoms. The zero-order valence-corrected chi connectivity index (χ0v) is 8.98. The molecule has 6 N–H and O–H groups in total. The second kappa shape index (κ2) is 4.32. The number of anilines is 1. The summed E-state index contributed by atoms with van der Waals surface area (Å²) in [7, 11) is 0. The van der Waals surface area contributed by atoms with Gasteiger partial charge >= 0.3 is 0 Å². The van der Waals surface area contributed by atoms with E-state index in [0.29, 0.717) is 0 Å². The molecular formula is C9H14N4O4. The van der Waals surface area contributed by atoms with E-state index in [4.69, 9.17) is 21.3 Å². The van der Waals surface area contributed by atoms with Gasteiger partial charge in [-0.1, -0.05) is 0 Å². The van der Waals surface area contributed by atoms with E-state index in [1.807, 2.05) is 0 Å². The molecule has 8 heteroatoms. The monoisotopic (exact) mass is 242 g/mol. The number of imidazole rings is 1. The minimum Gasteiger partial charge on any atom is -0.394 e. The van der Waals surface area contributed by atoms with Crippen molar-refractivity contribution in [2.45, 2.75) is 18.2 Å². The molecule has 1 amide bonds. The fourth-order valence-corrected chi connectivity index (χ4v) is 1.95. The molecule has 1 aromatic rings. The van der Waals surface area contributed by atoms with Crippen LogP contribution in [0.5, 0.6) is 0 Å². The maximum absolute atomic E-state index is 11.2. The van der Waals surface area contributed by atoms with Gasteiger partial charge in [-0.3, -0.25) is 4.79 Å². The molecule has 3 atom stereocenters. The highest BCUT2D eigenvalue weighted by atomic mass is 16.5. The fourth-order valence-electron chi connectivity index (χ4n) is 1.95. The van der Waals surface area contributed by atoms with Crippen LogP contribution < -0.4 is 11.5 Å². The summed E-state index contributed by atoms with van der Waals surface area (Å²) in [5.74, 6) is -0.711. The van der Waals surface area contributed by atoms with Crippen LogP contribution in [0, 0.1) is 0 Å². The van der Waals surface area contributed by atoms with Crippen LogP contribution in [0.2, 0.25) is 0 Å². The van der Waals surface area contributed by atoms with Crippen molar-refractivity contribution in [1.29, 1.82) is 0 Å². The van der Waals surface area contributed by atoms with Crippen LogP contribution in [0.1, 0.15) is 16.5 Å². The van der Waals surface area contributed by atoms with Gasteiger partial charge in [0.2, 0.25) is 0 Å². The first-order valence-corrected chi connectivity index (χ1v) is 5.09. The first kappa shape index (κ1) is 11.8. The third-order valence-corrected chi connectivity index (χ3v) is 2.85. The molecule has 0 saturated carbocycles. The Bertz CT molecular complexity index is 433. The number of aliphatic hydroxyl groups is 2. The lowest BCUT2D eigenvalue weighted by Crippen LogP contribution is -2.32. The smallest absolute Gasteiger partial charge is 0.269 e. The number of ether oxygens (including phenoxy) is 1. The number of carbonyl (C=O) groups excluding carboxylic acids is 1. The lowest BCUT2D eigenvalue weighted by molar-refractivity contribution is 0.00196. The molecule has 0 unspecified atom stereocenters. The fraction of sp³-hybridized carbons (Fsp3) is 0.556. The number of nitrogen functional groups attached to an aromatic ring is 1. The van der Waals surface area contributed by atoms with Crippen LogP contribution in [0.4, 0.5) is 5.82 Å². The van der Waals surface area contributed by atoms with Crippen LogP contribution in [0.15, 0.2) is 6.33 Å². The molecule has 0 spiro atoms. The Hall–Kier alpha value is -1.64. The van der Waals surface area contributed by atoms with E-state index in [9.17, 15) is 9.90 Å². The molecule has 1 fully saturated rings. The molecule has 1 saturated heterocycles. The quantitative estimate of drug-likeness (QED) is 0.477. The summed E-state index contributed by atoms with van der Waals surface area (Å²) < 4.78 is 6.57. The molecule has 2 rings (SSSR count). The number of carbonyl (C=O) groups is 1. The molecule has 17 heavy (non-hydrogen) atoms. The summed E-state index contributed by atoms with van der Waals surface area (Å²) in [4.78, 5) is 15.0. The Morgan fingerprint density at radius 1 is 1.71 bits per heavy atom. The molecular weight excluding hydrogens is 228 g/mol. The largest absolute Gasteiger partial charge is 0.394 e. The van der Waals surface area contributed by atoms with Crippen LogP contribution in [0.25, 0.3) is 0 Å². The maximum atomic E-state index is 11.2. The van der Waals surface area contributed by atoms with Gasteiger partial charge in [0, 0.05) is 0 Å². The van der Waals surface area contributed by atoms with Crippen molar-refractivity contribution in [1.82, 2.24) is 9.55 Å². The number of rotatable bonds is 3. The highest BCUT2D eigenvalue weighted by Crippen LogP contribution is 2.27. The van der Waals surface area contributed by atoms with Crippen LogP contribution in [-0.4, -0.2) is 51.1 Å². The van der Waals surface area contributed by atoms with Crippen LogP contribution in [0.3, 0.4) is 0 Å². The van der Waals surface area contributed by atoms with E-state index in [1.165, 1.54) is 10.9 Å². The molecule has 0 aliphatic carbocycles. The SMILES string of the molecule is NC(=O)c1c(N)ncn1[C@H]1CO[C@@H](CO)[C@@H]1O. The van der Waals surface area contributed by atoms with Crippen molar-refractivity contribution in [3.8, 4) is 0 Å². The highest BCUT2D eigenvalue weighted by Gasteiger charge is 2.38. The number of hydrogen-bond donors (Lipinski definition) is 4. The molecule has 1 aromatic heterocycles. The van der Waals surface area contributed by atoms with Crippen molar-refractivity contribution in [3.63, 3.8) is 0 Å². The number of aromatic nitrogens is 2. The highest BCUT2D eigenvalue weighted by molar-refractivity contribution is 5.95. The summed E-state index contributed by atoms with van der Waals surface area (Å²) in [5.41, 5.74) is 10.7. The predicted octanol–water partition coefficient (Wildman–Crippen LogP) is -2.14. The van der Waals surface area contributed by atoms with E-state index >= 15 is 0 Å². The van der Waals surface area contributed by atoms with Gasteiger partial charge in [-0.15, -0.1) is 0 Å². The molecule has 2 heterocycles. The number of primary amides is 1. The number of nitrogens with zero attached hydrogens (tertiary/aromatic N) is 2. The molecule has 1 aliphatic heterocycles. The van der Waals surface area contributed by atoms with E-state index in [-0.39, 0.29) is 24.7 Å². The second-order valence-electron chi connectivity index (χ2n) is 3.86. The summed E-state index contributed by atoms with van der Waals surface area (Å²) in [6.07, 6.45) is -0.289. The normalized spacial score (nSPS) is 28.5. The van der Waals surface area contributed by atoms with Crippen LogP contribution >= 0.6 is 0 Å². The third-order valence-electron chi connectivity index (χ3n) is 2.85. The van der Waals surface area contributed by atoms with E-state index in [0.717, 1.165) is 0 Å². The Balaban J connectivity index is 2.32. The molecule has 94 valence electrons. The summed E-state index contributed by atoms with van der Waals surface area (Å²) >= 11 is 0.